The summed E-state index contributed by atoms with van der Waals surface area (Å²) in [6, 6.07) is 8.04. The molecule has 3 N–H and O–H groups in total. The molecule has 116 valence electrons. The number of carbonyl (C=O) groups excluding carboxylic acids is 2. The number of aliphatic hydroxyl groups is 1. The van der Waals surface area contributed by atoms with Gasteiger partial charge in [-0.05, 0) is 60.5 Å². The van der Waals surface area contributed by atoms with Crippen molar-refractivity contribution in [1.29, 1.82) is 0 Å². The van der Waals surface area contributed by atoms with Crippen LogP contribution in [0, 0.1) is 0 Å². The number of carbonyl (C=O) groups is 2. The van der Waals surface area contributed by atoms with Crippen molar-refractivity contribution in [1.82, 2.24) is 5.32 Å². The highest BCUT2D eigenvalue weighted by atomic mass is 32.1. The SMILES string of the molecule is CC(=O)c1ccc(NC(=O)NCC(C)(O)c2ccsc2)cc1. The summed E-state index contributed by atoms with van der Waals surface area (Å²) in [6.07, 6.45) is 0. The molecular formula is C16H18N2O3S. The number of benzene rings is 1. The zero-order chi connectivity index (χ0) is 16.2. The number of urea groups is 1. The van der Waals surface area contributed by atoms with Gasteiger partial charge in [0.05, 0.1) is 6.54 Å². The number of thiophene rings is 1. The summed E-state index contributed by atoms with van der Waals surface area (Å²) in [5.41, 5.74) is 0.822. The van der Waals surface area contributed by atoms with E-state index in [0.29, 0.717) is 11.3 Å². The first-order valence-corrected chi connectivity index (χ1v) is 7.74. The smallest absolute Gasteiger partial charge is 0.319 e. The summed E-state index contributed by atoms with van der Waals surface area (Å²) in [4.78, 5) is 23.0. The molecule has 0 fully saturated rings. The van der Waals surface area contributed by atoms with Crippen molar-refractivity contribution in [3.63, 3.8) is 0 Å². The normalized spacial score (nSPS) is 13.2. The second kappa shape index (κ2) is 6.72. The Balaban J connectivity index is 1.89. The fourth-order valence-electron chi connectivity index (χ4n) is 1.89. The highest BCUT2D eigenvalue weighted by molar-refractivity contribution is 7.08. The van der Waals surface area contributed by atoms with Crippen LogP contribution in [-0.4, -0.2) is 23.5 Å². The maximum atomic E-state index is 11.8. The van der Waals surface area contributed by atoms with Crippen LogP contribution in [0.3, 0.4) is 0 Å². The minimum Gasteiger partial charge on any atom is -0.384 e. The molecule has 2 rings (SSSR count). The number of anilines is 1. The summed E-state index contributed by atoms with van der Waals surface area (Å²) in [5, 5.41) is 19.3. The van der Waals surface area contributed by atoms with Gasteiger partial charge in [0, 0.05) is 11.3 Å². The third-order valence-corrected chi connectivity index (χ3v) is 3.97. The molecule has 2 aromatic rings. The molecule has 1 heterocycles. The number of Topliss-reactive ketones (excluding diaryl/α,β-unsaturated/α-hetero) is 1. The van der Waals surface area contributed by atoms with E-state index in [1.807, 2.05) is 16.8 Å². The third-order valence-electron chi connectivity index (χ3n) is 3.29. The van der Waals surface area contributed by atoms with E-state index in [2.05, 4.69) is 10.6 Å². The first kappa shape index (κ1) is 16.2. The molecule has 0 aliphatic rings. The molecule has 0 aliphatic carbocycles. The Morgan fingerprint density at radius 3 is 2.45 bits per heavy atom. The van der Waals surface area contributed by atoms with Crippen LogP contribution < -0.4 is 10.6 Å². The summed E-state index contributed by atoms with van der Waals surface area (Å²) >= 11 is 1.49. The second-order valence-electron chi connectivity index (χ2n) is 5.23. The van der Waals surface area contributed by atoms with Crippen molar-refractivity contribution in [3.05, 3.63) is 52.2 Å². The van der Waals surface area contributed by atoms with E-state index in [0.717, 1.165) is 5.56 Å². The molecule has 1 unspecified atom stereocenters. The van der Waals surface area contributed by atoms with Crippen LogP contribution in [0.1, 0.15) is 29.8 Å². The van der Waals surface area contributed by atoms with Crippen molar-refractivity contribution in [2.45, 2.75) is 19.4 Å². The number of amides is 2. The number of rotatable bonds is 5. The van der Waals surface area contributed by atoms with Gasteiger partial charge in [0.1, 0.15) is 5.60 Å². The lowest BCUT2D eigenvalue weighted by molar-refractivity contribution is 0.0604. The lowest BCUT2D eigenvalue weighted by Gasteiger charge is -2.22. The molecule has 0 saturated carbocycles. The molecule has 0 spiro atoms. The first-order valence-electron chi connectivity index (χ1n) is 6.79. The molecule has 0 aliphatic heterocycles. The van der Waals surface area contributed by atoms with Gasteiger partial charge >= 0.3 is 6.03 Å². The number of hydrogen-bond donors (Lipinski definition) is 3. The van der Waals surface area contributed by atoms with Gasteiger partial charge in [-0.1, -0.05) is 0 Å². The van der Waals surface area contributed by atoms with E-state index in [-0.39, 0.29) is 12.3 Å². The Morgan fingerprint density at radius 1 is 1.23 bits per heavy atom. The molecule has 0 saturated heterocycles. The van der Waals surface area contributed by atoms with Crippen molar-refractivity contribution in [3.8, 4) is 0 Å². The summed E-state index contributed by atoms with van der Waals surface area (Å²) in [6.45, 7) is 3.24. The van der Waals surface area contributed by atoms with Gasteiger partial charge in [-0.25, -0.2) is 4.79 Å². The molecule has 1 aromatic heterocycles. The van der Waals surface area contributed by atoms with E-state index in [9.17, 15) is 14.7 Å². The standard InChI is InChI=1S/C16H18N2O3S/c1-11(19)12-3-5-14(6-4-12)18-15(20)17-10-16(2,21)13-7-8-22-9-13/h3-9,21H,10H2,1-2H3,(H2,17,18,20). The molecule has 0 radical (unpaired) electrons. The van der Waals surface area contributed by atoms with Crippen LogP contribution in [-0.2, 0) is 5.60 Å². The second-order valence-corrected chi connectivity index (χ2v) is 6.01. The number of nitrogens with one attached hydrogen (secondary N) is 2. The lowest BCUT2D eigenvalue weighted by atomic mass is 9.99. The predicted octanol–water partition coefficient (Wildman–Crippen LogP) is 2.98. The minimum atomic E-state index is -1.12. The Kier molecular flexibility index (Phi) is 4.95. The number of ketones is 1. The monoisotopic (exact) mass is 318 g/mol. The van der Waals surface area contributed by atoms with Crippen molar-refractivity contribution < 1.29 is 14.7 Å². The maximum absolute atomic E-state index is 11.8. The average Bonchev–Trinajstić information content (AvgIpc) is 3.01. The average molecular weight is 318 g/mol. The highest BCUT2D eigenvalue weighted by Gasteiger charge is 2.24. The van der Waals surface area contributed by atoms with Crippen molar-refractivity contribution in [2.24, 2.45) is 0 Å². The summed E-state index contributed by atoms with van der Waals surface area (Å²) < 4.78 is 0. The molecule has 5 nitrogen and oxygen atoms in total. The van der Waals surface area contributed by atoms with E-state index in [4.69, 9.17) is 0 Å². The topological polar surface area (TPSA) is 78.4 Å². The van der Waals surface area contributed by atoms with Crippen LogP contribution in [0.2, 0.25) is 0 Å². The molecule has 6 heteroatoms. The van der Waals surface area contributed by atoms with Crippen LogP contribution >= 0.6 is 11.3 Å². The van der Waals surface area contributed by atoms with Gasteiger partial charge < -0.3 is 15.7 Å². The Labute approximate surface area is 133 Å². The van der Waals surface area contributed by atoms with Gasteiger partial charge in [0.15, 0.2) is 5.78 Å². The van der Waals surface area contributed by atoms with Crippen molar-refractivity contribution >= 4 is 28.8 Å². The third kappa shape index (κ3) is 4.16. The van der Waals surface area contributed by atoms with E-state index in [1.54, 1.807) is 31.2 Å². The predicted molar refractivity (Wildman–Crippen MR) is 87.4 cm³/mol. The van der Waals surface area contributed by atoms with Gasteiger partial charge in [-0.2, -0.15) is 11.3 Å². The van der Waals surface area contributed by atoms with Crippen LogP contribution in [0.25, 0.3) is 0 Å². The van der Waals surface area contributed by atoms with Gasteiger partial charge in [-0.3, -0.25) is 4.79 Å². The summed E-state index contributed by atoms with van der Waals surface area (Å²) in [5.74, 6) is -0.0252. The molecule has 2 amide bonds. The molecule has 22 heavy (non-hydrogen) atoms. The van der Waals surface area contributed by atoms with Gasteiger partial charge in [0.25, 0.3) is 0 Å². The Bertz CT molecular complexity index is 649. The fourth-order valence-corrected chi connectivity index (χ4v) is 2.67. The van der Waals surface area contributed by atoms with E-state index < -0.39 is 11.6 Å². The minimum absolute atomic E-state index is 0.0252. The zero-order valence-electron chi connectivity index (χ0n) is 12.4. The summed E-state index contributed by atoms with van der Waals surface area (Å²) in [7, 11) is 0. The largest absolute Gasteiger partial charge is 0.384 e. The van der Waals surface area contributed by atoms with Gasteiger partial charge in [-0.15, -0.1) is 0 Å². The van der Waals surface area contributed by atoms with E-state index in [1.165, 1.54) is 18.3 Å². The molecule has 0 bridgehead atoms. The quantitative estimate of drug-likeness (QED) is 0.742. The van der Waals surface area contributed by atoms with Crippen LogP contribution in [0.15, 0.2) is 41.1 Å². The zero-order valence-corrected chi connectivity index (χ0v) is 13.2. The first-order chi connectivity index (χ1) is 10.4. The van der Waals surface area contributed by atoms with Crippen LogP contribution in [0.4, 0.5) is 10.5 Å². The number of hydrogen-bond acceptors (Lipinski definition) is 4. The maximum Gasteiger partial charge on any atom is 0.319 e. The highest BCUT2D eigenvalue weighted by Crippen LogP contribution is 2.22. The molecule has 1 atom stereocenters. The van der Waals surface area contributed by atoms with Crippen molar-refractivity contribution in [2.75, 3.05) is 11.9 Å². The lowest BCUT2D eigenvalue weighted by Crippen LogP contribution is -2.40. The van der Waals surface area contributed by atoms with E-state index >= 15 is 0 Å². The molecular weight excluding hydrogens is 300 g/mol. The Morgan fingerprint density at radius 2 is 1.91 bits per heavy atom. The fraction of sp³-hybridized carbons (Fsp3) is 0.250. The van der Waals surface area contributed by atoms with Crippen LogP contribution in [0.5, 0.6) is 0 Å². The molecule has 1 aromatic carbocycles. The van der Waals surface area contributed by atoms with Gasteiger partial charge in [0.2, 0.25) is 0 Å². The Hall–Kier alpha value is -2.18.